The molecule has 2 fully saturated rings. The maximum Gasteiger partial charge on any atom is 0.256 e. The third kappa shape index (κ3) is 5.08. The number of piperidine rings is 1. The fraction of sp³-hybridized carbons (Fsp3) is 0.423. The van der Waals surface area contributed by atoms with Gasteiger partial charge in [0, 0.05) is 43.4 Å². The van der Waals surface area contributed by atoms with Crippen LogP contribution in [0.2, 0.25) is 0 Å². The lowest BCUT2D eigenvalue weighted by atomic mass is 10.0. The number of nitrogens with zero attached hydrogens (tertiary/aromatic N) is 5. The highest BCUT2D eigenvalue weighted by Gasteiger charge is 2.37. The lowest BCUT2D eigenvalue weighted by molar-refractivity contribution is -0.130. The van der Waals surface area contributed by atoms with Crippen molar-refractivity contribution in [2.45, 2.75) is 44.7 Å². The Kier molecular flexibility index (Phi) is 6.95. The molecule has 2 aliphatic heterocycles. The zero-order chi connectivity index (χ0) is 25.1. The average molecular weight is 491 g/mol. The molecule has 1 unspecified atom stereocenters. The molecule has 0 spiro atoms. The first-order valence-electron chi connectivity index (χ1n) is 12.3. The molecule has 1 N–H and O–H groups in total. The Morgan fingerprint density at radius 2 is 1.83 bits per heavy atom. The predicted octanol–water partition coefficient (Wildman–Crippen LogP) is 3.54. The fourth-order valence-corrected chi connectivity index (χ4v) is 5.02. The van der Waals surface area contributed by atoms with Crippen molar-refractivity contribution in [3.05, 3.63) is 54.0 Å². The summed E-state index contributed by atoms with van der Waals surface area (Å²) >= 11 is 0. The molecule has 0 aliphatic carbocycles. The number of nitrogens with one attached hydrogen (secondary N) is 1. The van der Waals surface area contributed by atoms with Crippen molar-refractivity contribution in [2.24, 2.45) is 0 Å². The van der Waals surface area contributed by atoms with E-state index in [4.69, 9.17) is 9.26 Å². The van der Waals surface area contributed by atoms with E-state index >= 15 is 0 Å². The van der Waals surface area contributed by atoms with E-state index in [0.29, 0.717) is 40.5 Å². The highest BCUT2D eigenvalue weighted by Crippen LogP contribution is 2.36. The number of methoxy groups -OCH3 is 1. The number of amides is 2. The number of aromatic nitrogens is 3. The van der Waals surface area contributed by atoms with Gasteiger partial charge in [0.1, 0.15) is 11.6 Å². The Labute approximate surface area is 209 Å². The third-order valence-electron chi connectivity index (χ3n) is 7.02. The molecule has 2 aromatic heterocycles. The number of anilines is 1. The van der Waals surface area contributed by atoms with Crippen LogP contribution in [0.25, 0.3) is 11.4 Å². The van der Waals surface area contributed by atoms with Crippen LogP contribution >= 0.6 is 0 Å². The summed E-state index contributed by atoms with van der Waals surface area (Å²) in [7, 11) is 1.58. The molecule has 4 heterocycles. The van der Waals surface area contributed by atoms with Crippen LogP contribution in [0.1, 0.15) is 54.9 Å². The third-order valence-corrected chi connectivity index (χ3v) is 7.02. The largest absolute Gasteiger partial charge is 0.497 e. The Morgan fingerprint density at radius 3 is 2.50 bits per heavy atom. The molecule has 2 amide bonds. The van der Waals surface area contributed by atoms with E-state index in [0.717, 1.165) is 45.3 Å². The van der Waals surface area contributed by atoms with Gasteiger partial charge in [-0.2, -0.15) is 4.98 Å². The van der Waals surface area contributed by atoms with Crippen molar-refractivity contribution in [3.8, 4) is 17.1 Å². The SMILES string of the molecule is COc1ccc(C(=O)Nc2ccc(-c3noc(C4CCCN4C4CCN(C(C)=O)CC4)n3)cn2)cc1. The summed E-state index contributed by atoms with van der Waals surface area (Å²) in [5.41, 5.74) is 1.23. The molecule has 5 rings (SSSR count). The standard InChI is InChI=1S/C26H30N6O4/c1-17(33)31-14-11-20(12-15-31)32-13-3-4-22(32)26-29-24(30-36-26)19-7-10-23(27-16-19)28-25(34)18-5-8-21(35-2)9-6-18/h5-10,16,20,22H,3-4,11-15H2,1-2H3,(H,27,28,34). The monoisotopic (exact) mass is 490 g/mol. The van der Waals surface area contributed by atoms with Gasteiger partial charge in [0.25, 0.3) is 5.91 Å². The Hall–Kier alpha value is -3.79. The van der Waals surface area contributed by atoms with E-state index in [1.807, 2.05) is 11.0 Å². The molecule has 188 valence electrons. The number of hydrogen-bond acceptors (Lipinski definition) is 8. The number of rotatable bonds is 6. The highest BCUT2D eigenvalue weighted by atomic mass is 16.5. The van der Waals surface area contributed by atoms with E-state index < -0.39 is 0 Å². The minimum Gasteiger partial charge on any atom is -0.497 e. The molecule has 3 aromatic rings. The van der Waals surface area contributed by atoms with Gasteiger partial charge in [-0.15, -0.1) is 0 Å². The van der Waals surface area contributed by atoms with Gasteiger partial charge in [0.2, 0.25) is 17.6 Å². The van der Waals surface area contributed by atoms with Crippen LogP contribution < -0.4 is 10.1 Å². The molecule has 0 bridgehead atoms. The van der Waals surface area contributed by atoms with Gasteiger partial charge in [-0.05, 0) is 68.6 Å². The summed E-state index contributed by atoms with van der Waals surface area (Å²) in [6.07, 6.45) is 5.61. The number of carbonyl (C=O) groups is 2. The number of hydrogen-bond donors (Lipinski definition) is 1. The predicted molar refractivity (Wildman–Crippen MR) is 132 cm³/mol. The van der Waals surface area contributed by atoms with Crippen LogP contribution in [0.5, 0.6) is 5.75 Å². The molecule has 1 aromatic carbocycles. The minimum absolute atomic E-state index is 0.0937. The second kappa shape index (κ2) is 10.4. The van der Waals surface area contributed by atoms with Crippen LogP contribution in [0.3, 0.4) is 0 Å². The molecule has 0 radical (unpaired) electrons. The lowest BCUT2D eigenvalue weighted by Crippen LogP contribution is -2.46. The Balaban J connectivity index is 1.22. The van der Waals surface area contributed by atoms with E-state index in [-0.39, 0.29) is 17.9 Å². The maximum absolute atomic E-state index is 12.5. The van der Waals surface area contributed by atoms with E-state index in [9.17, 15) is 9.59 Å². The molecule has 1 atom stereocenters. The van der Waals surface area contributed by atoms with E-state index in [2.05, 4.69) is 25.3 Å². The van der Waals surface area contributed by atoms with Crippen LogP contribution in [-0.4, -0.2) is 69.5 Å². The molecular weight excluding hydrogens is 460 g/mol. The number of likely N-dealkylation sites (tertiary alicyclic amines) is 2. The second-order valence-electron chi connectivity index (χ2n) is 9.20. The summed E-state index contributed by atoms with van der Waals surface area (Å²) in [6.45, 7) is 4.23. The Bertz CT molecular complexity index is 1200. The highest BCUT2D eigenvalue weighted by molar-refractivity contribution is 6.03. The number of ether oxygens (including phenoxy) is 1. The maximum atomic E-state index is 12.5. The number of carbonyl (C=O) groups excluding carboxylic acids is 2. The zero-order valence-electron chi connectivity index (χ0n) is 20.5. The summed E-state index contributed by atoms with van der Waals surface area (Å²) in [5, 5.41) is 6.99. The van der Waals surface area contributed by atoms with Crippen molar-refractivity contribution in [1.29, 1.82) is 0 Å². The molecule has 10 heteroatoms. The van der Waals surface area contributed by atoms with Crippen molar-refractivity contribution < 1.29 is 18.8 Å². The summed E-state index contributed by atoms with van der Waals surface area (Å²) in [6, 6.07) is 10.9. The molecule has 2 aliphatic rings. The van der Waals surface area contributed by atoms with Crippen molar-refractivity contribution >= 4 is 17.6 Å². The van der Waals surface area contributed by atoms with E-state index in [1.54, 1.807) is 50.6 Å². The zero-order valence-corrected chi connectivity index (χ0v) is 20.5. The molecule has 0 saturated carbocycles. The minimum atomic E-state index is -0.254. The van der Waals surface area contributed by atoms with Gasteiger partial charge in [-0.25, -0.2) is 4.98 Å². The van der Waals surface area contributed by atoms with Gasteiger partial charge >= 0.3 is 0 Å². The molecule has 36 heavy (non-hydrogen) atoms. The first-order valence-corrected chi connectivity index (χ1v) is 12.3. The first kappa shape index (κ1) is 23.9. The average Bonchev–Trinajstić information content (AvgIpc) is 3.59. The fourth-order valence-electron chi connectivity index (χ4n) is 5.02. The van der Waals surface area contributed by atoms with Gasteiger partial charge in [0.15, 0.2) is 0 Å². The summed E-state index contributed by atoms with van der Waals surface area (Å²) in [5.74, 6) is 2.11. The van der Waals surface area contributed by atoms with E-state index in [1.165, 1.54) is 0 Å². The van der Waals surface area contributed by atoms with Crippen molar-refractivity contribution in [3.63, 3.8) is 0 Å². The smallest absolute Gasteiger partial charge is 0.256 e. The van der Waals surface area contributed by atoms with Gasteiger partial charge < -0.3 is 19.5 Å². The van der Waals surface area contributed by atoms with Crippen LogP contribution in [-0.2, 0) is 4.79 Å². The van der Waals surface area contributed by atoms with Gasteiger partial charge in [-0.3, -0.25) is 14.5 Å². The van der Waals surface area contributed by atoms with Gasteiger partial charge in [0.05, 0.1) is 13.2 Å². The van der Waals surface area contributed by atoms with Crippen LogP contribution in [0, 0.1) is 0 Å². The van der Waals surface area contributed by atoms with Crippen molar-refractivity contribution in [1.82, 2.24) is 24.9 Å². The van der Waals surface area contributed by atoms with Gasteiger partial charge in [-0.1, -0.05) is 5.16 Å². The Morgan fingerprint density at radius 1 is 1.06 bits per heavy atom. The lowest BCUT2D eigenvalue weighted by Gasteiger charge is -2.38. The second-order valence-corrected chi connectivity index (χ2v) is 9.20. The summed E-state index contributed by atoms with van der Waals surface area (Å²) in [4.78, 5) is 37.5. The quantitative estimate of drug-likeness (QED) is 0.558. The number of pyridine rings is 1. The van der Waals surface area contributed by atoms with Crippen LogP contribution in [0.15, 0.2) is 47.1 Å². The molecular formula is C26H30N6O4. The topological polar surface area (TPSA) is 114 Å². The van der Waals surface area contributed by atoms with Crippen LogP contribution in [0.4, 0.5) is 5.82 Å². The van der Waals surface area contributed by atoms with Crippen molar-refractivity contribution in [2.75, 3.05) is 32.1 Å². The molecule has 10 nitrogen and oxygen atoms in total. The normalized spacial score (nSPS) is 18.8. The number of benzene rings is 1. The molecule has 2 saturated heterocycles. The summed E-state index contributed by atoms with van der Waals surface area (Å²) < 4.78 is 10.8. The first-order chi connectivity index (χ1) is 17.5.